The van der Waals surface area contributed by atoms with Crippen molar-refractivity contribution in [2.45, 2.75) is 63.1 Å². The van der Waals surface area contributed by atoms with Gasteiger partial charge in [-0.1, -0.05) is 60.7 Å². The van der Waals surface area contributed by atoms with Crippen LogP contribution in [0.25, 0.3) is 0 Å². The Kier molecular flexibility index (Phi) is 15.1. The van der Waals surface area contributed by atoms with E-state index in [1.54, 1.807) is 72.8 Å². The molecule has 3 aromatic carbocycles. The van der Waals surface area contributed by atoms with Gasteiger partial charge in [0.25, 0.3) is 0 Å². The Balaban J connectivity index is 0.00000650. The third-order valence-corrected chi connectivity index (χ3v) is 9.82. The molecule has 4 atom stereocenters. The van der Waals surface area contributed by atoms with E-state index in [-0.39, 0.29) is 50.4 Å². The van der Waals surface area contributed by atoms with E-state index in [1.807, 2.05) is 23.6 Å². The zero-order valence-electron chi connectivity index (χ0n) is 29.3. The van der Waals surface area contributed by atoms with Crippen molar-refractivity contribution in [1.29, 1.82) is 0 Å². The van der Waals surface area contributed by atoms with Gasteiger partial charge in [0.2, 0.25) is 23.6 Å². The summed E-state index contributed by atoms with van der Waals surface area (Å²) in [6.45, 7) is 0. The molecule has 284 valence electrons. The maximum Gasteiger partial charge on any atom is 0.307 e. The van der Waals surface area contributed by atoms with Gasteiger partial charge in [-0.15, -0.1) is 11.3 Å². The molecule has 2 bridgehead atoms. The van der Waals surface area contributed by atoms with E-state index in [2.05, 4.69) is 21.3 Å². The second-order valence-electron chi connectivity index (χ2n) is 12.9. The Hall–Kier alpha value is -5.74. The van der Waals surface area contributed by atoms with Crippen LogP contribution in [0, 0.1) is 5.92 Å². The molecule has 3 heterocycles. The van der Waals surface area contributed by atoms with Gasteiger partial charge in [0.15, 0.2) is 11.5 Å². The Bertz CT molecular complexity index is 1890. The minimum atomic E-state index is -1.23. The van der Waals surface area contributed by atoms with Gasteiger partial charge in [-0.05, 0) is 53.1 Å². The van der Waals surface area contributed by atoms with Gasteiger partial charge in [-0.3, -0.25) is 28.8 Å². The maximum atomic E-state index is 14.2. The minimum Gasteiger partial charge on any atom is -0.481 e. The number of hydrogen-bond acceptors (Lipinski definition) is 8. The fraction of sp³-hybridized carbons (Fsp3) is 0.282. The molecule has 1 aromatic heterocycles. The predicted octanol–water partition coefficient (Wildman–Crippen LogP) is 1.62. The molecule has 0 radical (unpaired) electrons. The molecule has 0 saturated carbocycles. The van der Waals surface area contributed by atoms with Crippen molar-refractivity contribution < 1.29 is 50.0 Å². The lowest BCUT2D eigenvalue weighted by Crippen LogP contribution is -2.73. The van der Waals surface area contributed by atoms with Gasteiger partial charge in [0.05, 0.1) is 12.0 Å². The molecular weight excluding hydrogens is 715 g/mol. The Labute approximate surface area is 315 Å². The van der Waals surface area contributed by atoms with Crippen molar-refractivity contribution in [3.63, 3.8) is 0 Å². The molecule has 14 nitrogen and oxygen atoms in total. The Morgan fingerprint density at radius 2 is 1.30 bits per heavy atom. The van der Waals surface area contributed by atoms with Crippen LogP contribution in [0.4, 0.5) is 11.4 Å². The zero-order chi connectivity index (χ0) is 37.7. The van der Waals surface area contributed by atoms with Crippen LogP contribution in [-0.4, -0.2) is 69.3 Å². The molecule has 0 fully saturated rings. The summed E-state index contributed by atoms with van der Waals surface area (Å²) in [5, 5.41) is 32.4. The van der Waals surface area contributed by atoms with Crippen LogP contribution in [-0.2, 0) is 54.5 Å². The summed E-state index contributed by atoms with van der Waals surface area (Å²) in [5.74, 6) is -5.10. The summed E-state index contributed by atoms with van der Waals surface area (Å²) in [6, 6.07) is 22.4. The average molecular weight is 759 g/mol. The quantitative estimate of drug-likeness (QED) is 0.0790. The number of rotatable bonds is 8. The standard InChI is InChI=1S/C39H41N5O8S.H2O/c45-34-22-27(39(50)51)19-25-8-12-28(13-9-25)40-35(46)16-17-36(47)41-33(23-30-7-4-18-53-30)38(49)43-32(21-26-10-14-29(44-52)15-11-26)37(48)42-31(34)20-24-5-2-1-3-6-24;/h1-15,18,27,31-33,44,52H,16-17,19-23H2,(H,40,46)(H,41,47)(H,42,48)(H,43,49)(H,50,51);1H2/p+1/t27-,31-,32+,33-;/m1./s1. The number of ketones is 1. The number of carboxylic acid groups (broad SMARTS) is 1. The lowest BCUT2D eigenvalue weighted by Gasteiger charge is -2.26. The third-order valence-electron chi connectivity index (χ3n) is 8.92. The van der Waals surface area contributed by atoms with E-state index >= 15 is 0 Å². The number of carboxylic acids is 1. The van der Waals surface area contributed by atoms with E-state index in [4.69, 9.17) is 0 Å². The molecule has 0 spiro atoms. The van der Waals surface area contributed by atoms with Crippen LogP contribution in [0.1, 0.15) is 40.8 Å². The number of benzene rings is 3. The van der Waals surface area contributed by atoms with Crippen LogP contribution >= 0.6 is 11.3 Å². The predicted molar refractivity (Wildman–Crippen MR) is 200 cm³/mol. The summed E-state index contributed by atoms with van der Waals surface area (Å²) < 4.78 is 0. The summed E-state index contributed by atoms with van der Waals surface area (Å²) in [4.78, 5) is 81.2. The molecule has 0 saturated heterocycles. The van der Waals surface area contributed by atoms with E-state index in [9.17, 15) is 39.1 Å². The molecule has 2 aliphatic heterocycles. The summed E-state index contributed by atoms with van der Waals surface area (Å²) in [6.07, 6.45) is -0.550. The smallest absolute Gasteiger partial charge is 0.307 e. The molecule has 4 amide bonds. The van der Waals surface area contributed by atoms with Crippen LogP contribution in [0.5, 0.6) is 0 Å². The van der Waals surface area contributed by atoms with Crippen LogP contribution < -0.4 is 26.7 Å². The van der Waals surface area contributed by atoms with E-state index in [1.165, 1.54) is 11.3 Å². The molecule has 2 aliphatic rings. The molecular formula is C39H44N5O9S+. The number of carbonyl (C=O) groups is 6. The van der Waals surface area contributed by atoms with Crippen molar-refractivity contribution in [2.24, 2.45) is 5.92 Å². The Morgan fingerprint density at radius 1 is 0.685 bits per heavy atom. The lowest BCUT2D eigenvalue weighted by molar-refractivity contribution is -0.825. The van der Waals surface area contributed by atoms with Gasteiger partial charge in [0.1, 0.15) is 12.1 Å². The van der Waals surface area contributed by atoms with Crippen molar-refractivity contribution in [1.82, 2.24) is 16.0 Å². The molecule has 0 unspecified atom stereocenters. The molecule has 4 aromatic rings. The van der Waals surface area contributed by atoms with Gasteiger partial charge in [-0.2, -0.15) is 5.48 Å². The minimum absolute atomic E-state index is 0. The maximum absolute atomic E-state index is 14.2. The summed E-state index contributed by atoms with van der Waals surface area (Å²) in [5.41, 5.74) is 3.90. The number of nitrogens with one attached hydrogen (secondary N) is 4. The number of thiophene rings is 1. The zero-order valence-corrected chi connectivity index (χ0v) is 30.1. The van der Waals surface area contributed by atoms with Crippen molar-refractivity contribution in [2.75, 3.05) is 5.32 Å². The van der Waals surface area contributed by atoms with E-state index < -0.39 is 59.4 Å². The number of anilines is 1. The highest BCUT2D eigenvalue weighted by atomic mass is 32.1. The highest BCUT2D eigenvalue weighted by molar-refractivity contribution is 7.09. The first kappa shape index (κ1) is 41.0. The van der Waals surface area contributed by atoms with E-state index in [0.29, 0.717) is 22.5 Å². The van der Waals surface area contributed by atoms with Gasteiger partial charge >= 0.3 is 5.97 Å². The monoisotopic (exact) mass is 758 g/mol. The second kappa shape index (κ2) is 19.9. The van der Waals surface area contributed by atoms with Crippen LogP contribution in [0.3, 0.4) is 0 Å². The number of hydrogen-bond donors (Lipinski definition) is 7. The van der Waals surface area contributed by atoms with Crippen molar-refractivity contribution in [3.8, 4) is 0 Å². The molecule has 0 aliphatic carbocycles. The third kappa shape index (κ3) is 12.2. The highest BCUT2D eigenvalue weighted by Gasteiger charge is 2.32. The van der Waals surface area contributed by atoms with Crippen molar-refractivity contribution >= 4 is 58.1 Å². The molecule has 6 rings (SSSR count). The van der Waals surface area contributed by atoms with E-state index in [0.717, 1.165) is 15.9 Å². The number of carbonyl (C=O) groups excluding carboxylic acids is 5. The Morgan fingerprint density at radius 3 is 1.93 bits per heavy atom. The number of quaternary nitrogens is 1. The highest BCUT2D eigenvalue weighted by Crippen LogP contribution is 2.19. The molecule has 10 N–H and O–H groups in total. The lowest BCUT2D eigenvalue weighted by atomic mass is 9.90. The summed E-state index contributed by atoms with van der Waals surface area (Å²) in [7, 11) is 0. The number of nitrogens with two attached hydrogens (primary N) is 1. The second-order valence-corrected chi connectivity index (χ2v) is 14.0. The molecule has 54 heavy (non-hydrogen) atoms. The first-order valence-corrected chi connectivity index (χ1v) is 18.1. The topological polar surface area (TPSA) is 239 Å². The van der Waals surface area contributed by atoms with Gasteiger partial charge < -0.3 is 31.8 Å². The molecule has 15 heteroatoms. The average Bonchev–Trinajstić information content (AvgIpc) is 3.67. The largest absolute Gasteiger partial charge is 0.481 e. The number of aliphatic carboxylic acids is 1. The fourth-order valence-electron chi connectivity index (χ4n) is 6.02. The normalized spacial score (nSPS) is 20.4. The van der Waals surface area contributed by atoms with Crippen molar-refractivity contribution in [3.05, 3.63) is 118 Å². The number of Topliss-reactive ketones (excluding diaryl/α,β-unsaturated/α-hetero) is 1. The fourth-order valence-corrected chi connectivity index (χ4v) is 6.77. The van der Waals surface area contributed by atoms with Gasteiger partial charge in [0, 0.05) is 54.8 Å². The van der Waals surface area contributed by atoms with Crippen LogP contribution in [0.2, 0.25) is 0 Å². The first-order chi connectivity index (χ1) is 25.6. The first-order valence-electron chi connectivity index (χ1n) is 17.2. The van der Waals surface area contributed by atoms with Crippen LogP contribution in [0.15, 0.2) is 96.4 Å². The number of fused-ring (bicyclic) bond motifs is 18. The number of amides is 4. The SMILES string of the molecule is O.O=C1CCC(=O)N[C@H](Cc2cccs2)C(=O)N[C@@H](Cc2ccc([NH2+]O)cc2)C(=O)N[C@H](Cc2ccccc2)C(=O)C[C@H](C(=O)O)Cc2ccc(cc2)N1. The summed E-state index contributed by atoms with van der Waals surface area (Å²) >= 11 is 1.39. The van der Waals surface area contributed by atoms with Gasteiger partial charge in [-0.25, -0.2) is 5.21 Å².